The molecule has 2 rings (SSSR count). The largest absolute Gasteiger partial charge is 0.488 e. The highest BCUT2D eigenvalue weighted by Gasteiger charge is 2.08. The predicted molar refractivity (Wildman–Crippen MR) is 64.0 cm³/mol. The minimum absolute atomic E-state index is 0.0356. The lowest BCUT2D eigenvalue weighted by molar-refractivity contribution is 0.242. The van der Waals surface area contributed by atoms with Crippen LogP contribution in [0.15, 0.2) is 30.6 Å². The zero-order chi connectivity index (χ0) is 13.1. The van der Waals surface area contributed by atoms with E-state index in [2.05, 4.69) is 5.10 Å². The number of nitrogens with zero attached hydrogens (tertiary/aromatic N) is 3. The third kappa shape index (κ3) is 2.48. The molecule has 1 aromatic heterocycles. The van der Waals surface area contributed by atoms with Crippen LogP contribution in [0.4, 0.5) is 4.39 Å². The van der Waals surface area contributed by atoms with E-state index in [0.717, 1.165) is 0 Å². The summed E-state index contributed by atoms with van der Waals surface area (Å²) in [7, 11) is 0. The standard InChI is InChI=1S/C13H12FN3O/c1-9(2)18-11-7-16-17(8-11)13-4-3-10(6-15)5-12(13)14/h3-5,7-9H,1-2H3. The van der Waals surface area contributed by atoms with Crippen molar-refractivity contribution in [1.82, 2.24) is 9.78 Å². The molecule has 0 saturated heterocycles. The zero-order valence-electron chi connectivity index (χ0n) is 10.1. The molecule has 4 nitrogen and oxygen atoms in total. The first-order valence-corrected chi connectivity index (χ1v) is 5.51. The van der Waals surface area contributed by atoms with E-state index >= 15 is 0 Å². The van der Waals surface area contributed by atoms with Gasteiger partial charge in [-0.05, 0) is 32.0 Å². The first-order chi connectivity index (χ1) is 8.60. The van der Waals surface area contributed by atoms with Crippen molar-refractivity contribution in [3.8, 4) is 17.5 Å². The highest BCUT2D eigenvalue weighted by Crippen LogP contribution is 2.18. The van der Waals surface area contributed by atoms with Crippen molar-refractivity contribution in [2.24, 2.45) is 0 Å². The second kappa shape index (κ2) is 4.88. The molecule has 0 radical (unpaired) electrons. The monoisotopic (exact) mass is 245 g/mol. The van der Waals surface area contributed by atoms with Gasteiger partial charge >= 0.3 is 0 Å². The molecule has 0 saturated carbocycles. The molecule has 2 aromatic rings. The molecule has 18 heavy (non-hydrogen) atoms. The number of hydrogen-bond acceptors (Lipinski definition) is 3. The van der Waals surface area contributed by atoms with Gasteiger partial charge in [-0.25, -0.2) is 9.07 Å². The Morgan fingerprint density at radius 3 is 2.83 bits per heavy atom. The van der Waals surface area contributed by atoms with Crippen LogP contribution in [-0.2, 0) is 0 Å². The van der Waals surface area contributed by atoms with Crippen molar-refractivity contribution < 1.29 is 9.13 Å². The van der Waals surface area contributed by atoms with Crippen molar-refractivity contribution in [2.45, 2.75) is 20.0 Å². The molecule has 0 unspecified atom stereocenters. The maximum absolute atomic E-state index is 13.7. The Bertz CT molecular complexity index is 599. The summed E-state index contributed by atoms with van der Waals surface area (Å²) in [6, 6.07) is 6.12. The first kappa shape index (κ1) is 12.1. The van der Waals surface area contributed by atoms with Crippen molar-refractivity contribution in [1.29, 1.82) is 5.26 Å². The summed E-state index contributed by atoms with van der Waals surface area (Å²) in [5, 5.41) is 12.7. The fraction of sp³-hybridized carbons (Fsp3) is 0.231. The molecular formula is C13H12FN3O. The quantitative estimate of drug-likeness (QED) is 0.835. The number of benzene rings is 1. The van der Waals surface area contributed by atoms with Gasteiger partial charge in [-0.3, -0.25) is 0 Å². The molecule has 1 aromatic carbocycles. The van der Waals surface area contributed by atoms with Crippen molar-refractivity contribution in [2.75, 3.05) is 0 Å². The molecule has 1 heterocycles. The second-order valence-corrected chi connectivity index (χ2v) is 4.07. The van der Waals surface area contributed by atoms with Crippen LogP contribution < -0.4 is 4.74 Å². The van der Waals surface area contributed by atoms with Crippen LogP contribution in [0, 0.1) is 17.1 Å². The Hall–Kier alpha value is -2.35. The minimum atomic E-state index is -0.492. The third-order valence-corrected chi connectivity index (χ3v) is 2.25. The summed E-state index contributed by atoms with van der Waals surface area (Å²) in [4.78, 5) is 0. The Morgan fingerprint density at radius 1 is 1.44 bits per heavy atom. The minimum Gasteiger partial charge on any atom is -0.488 e. The number of rotatable bonds is 3. The average molecular weight is 245 g/mol. The lowest BCUT2D eigenvalue weighted by Gasteiger charge is -2.06. The predicted octanol–water partition coefficient (Wildman–Crippen LogP) is 2.67. The molecule has 0 fully saturated rings. The Labute approximate surface area is 104 Å². The topological polar surface area (TPSA) is 50.8 Å². The van der Waals surface area contributed by atoms with E-state index in [0.29, 0.717) is 5.75 Å². The van der Waals surface area contributed by atoms with Crippen molar-refractivity contribution in [3.05, 3.63) is 42.0 Å². The molecule has 0 aliphatic rings. The smallest absolute Gasteiger partial charge is 0.158 e. The van der Waals surface area contributed by atoms with Crippen LogP contribution in [0.3, 0.4) is 0 Å². The van der Waals surface area contributed by atoms with Crippen LogP contribution >= 0.6 is 0 Å². The number of hydrogen-bond donors (Lipinski definition) is 0. The van der Waals surface area contributed by atoms with Gasteiger partial charge < -0.3 is 4.74 Å². The molecule has 5 heteroatoms. The molecule has 0 spiro atoms. The summed E-state index contributed by atoms with van der Waals surface area (Å²) in [6.45, 7) is 3.80. The van der Waals surface area contributed by atoms with E-state index in [-0.39, 0.29) is 17.4 Å². The molecule has 0 N–H and O–H groups in total. The second-order valence-electron chi connectivity index (χ2n) is 4.07. The molecule has 0 aliphatic carbocycles. The molecule has 0 amide bonds. The van der Waals surface area contributed by atoms with Gasteiger partial charge in [0, 0.05) is 0 Å². The summed E-state index contributed by atoms with van der Waals surface area (Å²) < 4.78 is 20.6. The average Bonchev–Trinajstić information content (AvgIpc) is 2.76. The van der Waals surface area contributed by atoms with Crippen LogP contribution in [0.2, 0.25) is 0 Å². The lowest BCUT2D eigenvalue weighted by Crippen LogP contribution is -2.04. The van der Waals surface area contributed by atoms with E-state index in [1.165, 1.54) is 23.0 Å². The van der Waals surface area contributed by atoms with Crippen LogP contribution in [0.5, 0.6) is 5.75 Å². The molecular weight excluding hydrogens is 233 g/mol. The van der Waals surface area contributed by atoms with Crippen LogP contribution in [0.1, 0.15) is 19.4 Å². The van der Waals surface area contributed by atoms with Crippen molar-refractivity contribution >= 4 is 0 Å². The Morgan fingerprint density at radius 2 is 2.22 bits per heavy atom. The van der Waals surface area contributed by atoms with Crippen LogP contribution in [-0.4, -0.2) is 15.9 Å². The fourth-order valence-corrected chi connectivity index (χ4v) is 1.53. The Balaban J connectivity index is 2.32. The summed E-state index contributed by atoms with van der Waals surface area (Å²) in [5.41, 5.74) is 0.565. The number of halogens is 1. The zero-order valence-corrected chi connectivity index (χ0v) is 10.1. The van der Waals surface area contributed by atoms with Crippen molar-refractivity contribution in [3.63, 3.8) is 0 Å². The maximum Gasteiger partial charge on any atom is 0.158 e. The van der Waals surface area contributed by atoms with E-state index in [4.69, 9.17) is 10.00 Å². The lowest BCUT2D eigenvalue weighted by atomic mass is 10.2. The van der Waals surface area contributed by atoms with Crippen LogP contribution in [0.25, 0.3) is 5.69 Å². The molecule has 0 atom stereocenters. The summed E-state index contributed by atoms with van der Waals surface area (Å²) in [5.74, 6) is 0.0852. The van der Waals surface area contributed by atoms with E-state index in [1.54, 1.807) is 12.3 Å². The molecule has 0 bridgehead atoms. The van der Waals surface area contributed by atoms with Gasteiger partial charge in [0.15, 0.2) is 5.75 Å². The SMILES string of the molecule is CC(C)Oc1cnn(-c2ccc(C#N)cc2F)c1. The Kier molecular flexibility index (Phi) is 3.28. The molecule has 92 valence electrons. The third-order valence-electron chi connectivity index (χ3n) is 2.25. The fourth-order valence-electron chi connectivity index (χ4n) is 1.53. The van der Waals surface area contributed by atoms with E-state index in [9.17, 15) is 4.39 Å². The number of ether oxygens (including phenoxy) is 1. The van der Waals surface area contributed by atoms with Gasteiger partial charge in [0.2, 0.25) is 0 Å². The summed E-state index contributed by atoms with van der Waals surface area (Å²) in [6.07, 6.45) is 3.16. The van der Waals surface area contributed by atoms with Gasteiger partial charge in [0.25, 0.3) is 0 Å². The molecule has 0 aliphatic heterocycles. The maximum atomic E-state index is 13.7. The van der Waals surface area contributed by atoms with Gasteiger partial charge in [-0.1, -0.05) is 0 Å². The van der Waals surface area contributed by atoms with E-state index in [1.807, 2.05) is 19.9 Å². The van der Waals surface area contributed by atoms with Gasteiger partial charge in [-0.2, -0.15) is 10.4 Å². The first-order valence-electron chi connectivity index (χ1n) is 5.51. The number of aromatic nitrogens is 2. The highest BCUT2D eigenvalue weighted by molar-refractivity contribution is 5.41. The highest BCUT2D eigenvalue weighted by atomic mass is 19.1. The normalized spacial score (nSPS) is 10.4. The van der Waals surface area contributed by atoms with Gasteiger partial charge in [0.1, 0.15) is 11.5 Å². The van der Waals surface area contributed by atoms with Gasteiger partial charge in [-0.15, -0.1) is 0 Å². The summed E-state index contributed by atoms with van der Waals surface area (Å²) >= 11 is 0. The van der Waals surface area contributed by atoms with Gasteiger partial charge in [0.05, 0.1) is 30.1 Å². The number of nitriles is 1. The van der Waals surface area contributed by atoms with E-state index < -0.39 is 5.82 Å².